The van der Waals surface area contributed by atoms with Crippen molar-refractivity contribution in [3.05, 3.63) is 11.6 Å². The van der Waals surface area contributed by atoms with Crippen LogP contribution in [0.5, 0.6) is 0 Å². The summed E-state index contributed by atoms with van der Waals surface area (Å²) < 4.78 is 0. The maximum absolute atomic E-state index is 9.00. The maximum atomic E-state index is 9.00. The number of rotatable bonds is 1. The summed E-state index contributed by atoms with van der Waals surface area (Å²) in [6.07, 6.45) is 9.42. The fourth-order valence-electron chi connectivity index (χ4n) is 3.29. The van der Waals surface area contributed by atoms with Crippen molar-refractivity contribution < 1.29 is 5.11 Å². The minimum absolute atomic E-state index is 0.306. The van der Waals surface area contributed by atoms with Gasteiger partial charge in [-0.1, -0.05) is 6.08 Å². The Morgan fingerprint density at radius 3 is 2.83 bits per heavy atom. The molecule has 0 bridgehead atoms. The lowest BCUT2D eigenvalue weighted by Crippen LogP contribution is -1.98. The van der Waals surface area contributed by atoms with E-state index in [0.717, 1.165) is 17.3 Å². The molecule has 0 aromatic carbocycles. The largest absolute Gasteiger partial charge is 0.392 e. The second-order valence-corrected chi connectivity index (χ2v) is 5.02. The number of allylic oxidation sites excluding steroid dienone is 1. The minimum atomic E-state index is 0.306. The lowest BCUT2D eigenvalue weighted by molar-refractivity contribution is 0.322. The minimum Gasteiger partial charge on any atom is -0.392 e. The molecule has 0 aromatic rings. The Bertz CT molecular complexity index is 237. The molecule has 0 heterocycles. The Hall–Kier alpha value is -0.300. The number of aliphatic hydroxyl groups excluding tert-OH is 1. The van der Waals surface area contributed by atoms with Crippen LogP contribution in [0.4, 0.5) is 0 Å². The Morgan fingerprint density at radius 2 is 2.25 bits per heavy atom. The molecule has 0 aliphatic heterocycles. The van der Waals surface area contributed by atoms with E-state index in [1.807, 2.05) is 0 Å². The van der Waals surface area contributed by atoms with Gasteiger partial charge in [0.15, 0.2) is 0 Å². The number of hydrogen-bond donors (Lipinski definition) is 1. The zero-order valence-corrected chi connectivity index (χ0v) is 7.42. The monoisotopic (exact) mass is 164 g/mol. The molecule has 2 fully saturated rings. The van der Waals surface area contributed by atoms with Gasteiger partial charge in [-0.25, -0.2) is 0 Å². The highest BCUT2D eigenvalue weighted by Crippen LogP contribution is 2.64. The molecule has 1 nitrogen and oxygen atoms in total. The Morgan fingerprint density at radius 1 is 1.42 bits per heavy atom. The van der Waals surface area contributed by atoms with Crippen LogP contribution in [0.2, 0.25) is 0 Å². The molecule has 3 aliphatic rings. The van der Waals surface area contributed by atoms with Gasteiger partial charge < -0.3 is 5.11 Å². The van der Waals surface area contributed by atoms with E-state index in [9.17, 15) is 0 Å². The van der Waals surface area contributed by atoms with Crippen LogP contribution in [0.3, 0.4) is 0 Å². The number of fused-ring (bicyclic) bond motifs is 1. The van der Waals surface area contributed by atoms with Gasteiger partial charge in [0.1, 0.15) is 0 Å². The van der Waals surface area contributed by atoms with Gasteiger partial charge in [0.05, 0.1) is 6.61 Å². The first kappa shape index (κ1) is 7.14. The van der Waals surface area contributed by atoms with Gasteiger partial charge in [-0.05, 0) is 54.9 Å². The molecule has 0 unspecified atom stereocenters. The topological polar surface area (TPSA) is 20.2 Å². The fourth-order valence-corrected chi connectivity index (χ4v) is 3.29. The first-order chi connectivity index (χ1) is 5.81. The molecule has 1 N–H and O–H groups in total. The lowest BCUT2D eigenvalue weighted by atomic mass is 9.99. The fraction of sp³-hybridized carbons (Fsp3) is 0.818. The molecule has 3 aliphatic carbocycles. The van der Waals surface area contributed by atoms with Gasteiger partial charge in [0.2, 0.25) is 0 Å². The van der Waals surface area contributed by atoms with Crippen molar-refractivity contribution in [1.82, 2.24) is 0 Å². The second kappa shape index (κ2) is 2.14. The maximum Gasteiger partial charge on any atom is 0.0641 e. The second-order valence-electron chi connectivity index (χ2n) is 5.02. The summed E-state index contributed by atoms with van der Waals surface area (Å²) in [4.78, 5) is 0. The summed E-state index contributed by atoms with van der Waals surface area (Å²) in [6, 6.07) is 0. The molecule has 0 radical (unpaired) electrons. The zero-order valence-electron chi connectivity index (χ0n) is 7.42. The predicted molar refractivity (Wildman–Crippen MR) is 47.7 cm³/mol. The van der Waals surface area contributed by atoms with Gasteiger partial charge >= 0.3 is 0 Å². The van der Waals surface area contributed by atoms with Crippen LogP contribution in [0, 0.1) is 17.3 Å². The van der Waals surface area contributed by atoms with Crippen molar-refractivity contribution >= 4 is 0 Å². The Balaban J connectivity index is 1.78. The third-order valence-corrected chi connectivity index (χ3v) is 4.10. The molecule has 2 saturated carbocycles. The summed E-state index contributed by atoms with van der Waals surface area (Å²) >= 11 is 0. The van der Waals surface area contributed by atoms with E-state index in [-0.39, 0.29) is 0 Å². The summed E-state index contributed by atoms with van der Waals surface area (Å²) in [5.74, 6) is 1.75. The molecule has 66 valence electrons. The van der Waals surface area contributed by atoms with Crippen LogP contribution in [0.15, 0.2) is 11.6 Å². The number of hydrogen-bond acceptors (Lipinski definition) is 1. The third-order valence-electron chi connectivity index (χ3n) is 4.10. The Labute approximate surface area is 73.5 Å². The molecular formula is C11H16O. The van der Waals surface area contributed by atoms with E-state index in [1.54, 1.807) is 0 Å². The molecule has 3 rings (SSSR count). The SMILES string of the molecule is OCC1=C[C@@H]2CC3(CC3)C[C@@H]2C1. The first-order valence-electron chi connectivity index (χ1n) is 5.12. The summed E-state index contributed by atoms with van der Waals surface area (Å²) in [7, 11) is 0. The van der Waals surface area contributed by atoms with Crippen molar-refractivity contribution in [2.24, 2.45) is 17.3 Å². The predicted octanol–water partition coefficient (Wildman–Crippen LogP) is 2.12. The van der Waals surface area contributed by atoms with Crippen molar-refractivity contribution in [3.63, 3.8) is 0 Å². The molecule has 1 heteroatoms. The van der Waals surface area contributed by atoms with E-state index in [4.69, 9.17) is 5.11 Å². The van der Waals surface area contributed by atoms with Gasteiger partial charge in [0.25, 0.3) is 0 Å². The number of aliphatic hydroxyl groups is 1. The van der Waals surface area contributed by atoms with Gasteiger partial charge in [-0.2, -0.15) is 0 Å². The van der Waals surface area contributed by atoms with E-state index >= 15 is 0 Å². The van der Waals surface area contributed by atoms with Gasteiger partial charge in [-0.3, -0.25) is 0 Å². The van der Waals surface area contributed by atoms with Crippen molar-refractivity contribution in [3.8, 4) is 0 Å². The van der Waals surface area contributed by atoms with Crippen LogP contribution < -0.4 is 0 Å². The van der Waals surface area contributed by atoms with Crippen molar-refractivity contribution in [2.75, 3.05) is 6.61 Å². The van der Waals surface area contributed by atoms with Gasteiger partial charge in [0, 0.05) is 0 Å². The van der Waals surface area contributed by atoms with E-state index in [2.05, 4.69) is 6.08 Å². The quantitative estimate of drug-likeness (QED) is 0.588. The molecule has 12 heavy (non-hydrogen) atoms. The van der Waals surface area contributed by atoms with Crippen LogP contribution in [0.25, 0.3) is 0 Å². The zero-order chi connectivity index (χ0) is 8.18. The van der Waals surface area contributed by atoms with Gasteiger partial charge in [-0.15, -0.1) is 0 Å². The standard InChI is InChI=1S/C11H16O/c12-7-8-3-9-5-11(1-2-11)6-10(9)4-8/h3,9-10,12H,1-2,4-7H2/t9-,10+/m1/s1. The molecule has 0 saturated heterocycles. The molecule has 0 aromatic heterocycles. The normalized spacial score (nSPS) is 41.6. The highest BCUT2D eigenvalue weighted by Gasteiger charge is 2.53. The molecule has 0 amide bonds. The lowest BCUT2D eigenvalue weighted by Gasteiger charge is -2.07. The highest BCUT2D eigenvalue weighted by atomic mass is 16.3. The Kier molecular flexibility index (Phi) is 1.27. The third kappa shape index (κ3) is 0.891. The van der Waals surface area contributed by atoms with Crippen LogP contribution >= 0.6 is 0 Å². The first-order valence-corrected chi connectivity index (χ1v) is 5.12. The summed E-state index contributed by atoms with van der Waals surface area (Å²) in [5, 5.41) is 9.00. The molecular weight excluding hydrogens is 148 g/mol. The average molecular weight is 164 g/mol. The van der Waals surface area contributed by atoms with Crippen molar-refractivity contribution in [1.29, 1.82) is 0 Å². The van der Waals surface area contributed by atoms with E-state index < -0.39 is 0 Å². The van der Waals surface area contributed by atoms with E-state index in [1.165, 1.54) is 37.7 Å². The summed E-state index contributed by atoms with van der Waals surface area (Å²) in [5.41, 5.74) is 2.10. The molecule has 2 atom stereocenters. The van der Waals surface area contributed by atoms with Crippen LogP contribution in [-0.4, -0.2) is 11.7 Å². The van der Waals surface area contributed by atoms with Crippen LogP contribution in [0.1, 0.15) is 32.1 Å². The summed E-state index contributed by atoms with van der Waals surface area (Å²) in [6.45, 7) is 0.306. The van der Waals surface area contributed by atoms with Crippen LogP contribution in [-0.2, 0) is 0 Å². The highest BCUT2D eigenvalue weighted by molar-refractivity contribution is 5.20. The van der Waals surface area contributed by atoms with E-state index in [0.29, 0.717) is 6.61 Å². The molecule has 1 spiro atoms. The smallest absolute Gasteiger partial charge is 0.0641 e. The average Bonchev–Trinajstić information content (AvgIpc) is 2.52. The van der Waals surface area contributed by atoms with Crippen molar-refractivity contribution in [2.45, 2.75) is 32.1 Å².